The molecule has 0 unspecified atom stereocenters. The monoisotopic (exact) mass is 447 g/mol. The molecule has 0 aliphatic rings. The number of aliphatic carboxylic acids is 1. The summed E-state index contributed by atoms with van der Waals surface area (Å²) in [6, 6.07) is 21.3. The van der Waals surface area contributed by atoms with E-state index >= 15 is 0 Å². The Kier molecular flexibility index (Phi) is 8.59. The third-order valence-electron chi connectivity index (χ3n) is 4.83. The third-order valence-corrected chi connectivity index (χ3v) is 4.83. The summed E-state index contributed by atoms with van der Waals surface area (Å²) in [6.45, 7) is 0.0157. The molecule has 3 aromatic carbocycles. The van der Waals surface area contributed by atoms with Crippen LogP contribution in [-0.4, -0.2) is 36.5 Å². The number of aldehydes is 1. The van der Waals surface area contributed by atoms with E-state index in [-0.39, 0.29) is 11.4 Å². The van der Waals surface area contributed by atoms with Crippen molar-refractivity contribution in [2.75, 3.05) is 18.5 Å². The van der Waals surface area contributed by atoms with Gasteiger partial charge in [0.15, 0.2) is 6.61 Å². The number of carbonyl (C=O) groups is 3. The highest BCUT2D eigenvalue weighted by molar-refractivity contribution is 6.05. The molecular weight excluding hydrogens is 422 g/mol. The Hall–Kier alpha value is -4.13. The molecule has 0 spiro atoms. The van der Waals surface area contributed by atoms with Gasteiger partial charge >= 0.3 is 5.97 Å². The van der Waals surface area contributed by atoms with Gasteiger partial charge < -0.3 is 19.9 Å². The molecule has 0 saturated heterocycles. The SMILES string of the molecule is O=Cc1ccc(OCC(=O)O)c(NC(=O)c2ccc(OCCCCc3ccccc3)cc2)c1. The summed E-state index contributed by atoms with van der Waals surface area (Å²) in [5.41, 5.74) is 2.23. The first-order valence-electron chi connectivity index (χ1n) is 10.6. The van der Waals surface area contributed by atoms with Gasteiger partial charge in [0.25, 0.3) is 5.91 Å². The van der Waals surface area contributed by atoms with Crippen LogP contribution >= 0.6 is 0 Å². The maximum Gasteiger partial charge on any atom is 0.341 e. The highest BCUT2D eigenvalue weighted by Crippen LogP contribution is 2.26. The number of ether oxygens (including phenoxy) is 2. The average Bonchev–Trinajstić information content (AvgIpc) is 2.84. The van der Waals surface area contributed by atoms with Crippen molar-refractivity contribution in [3.8, 4) is 11.5 Å². The summed E-state index contributed by atoms with van der Waals surface area (Å²) in [7, 11) is 0. The van der Waals surface area contributed by atoms with Gasteiger partial charge in [-0.1, -0.05) is 30.3 Å². The van der Waals surface area contributed by atoms with Crippen molar-refractivity contribution in [1.29, 1.82) is 0 Å². The lowest BCUT2D eigenvalue weighted by atomic mass is 10.1. The van der Waals surface area contributed by atoms with E-state index in [1.807, 2.05) is 18.2 Å². The van der Waals surface area contributed by atoms with Crippen LogP contribution in [0.1, 0.15) is 39.1 Å². The van der Waals surface area contributed by atoms with E-state index in [1.54, 1.807) is 24.3 Å². The molecule has 3 aromatic rings. The molecule has 0 saturated carbocycles. The zero-order chi connectivity index (χ0) is 23.5. The van der Waals surface area contributed by atoms with Crippen molar-refractivity contribution < 1.29 is 29.0 Å². The number of carboxylic acid groups (broad SMARTS) is 1. The largest absolute Gasteiger partial charge is 0.494 e. The Morgan fingerprint density at radius 1 is 0.909 bits per heavy atom. The van der Waals surface area contributed by atoms with Gasteiger partial charge in [0.1, 0.15) is 17.8 Å². The number of carbonyl (C=O) groups excluding carboxylic acids is 2. The minimum atomic E-state index is -1.15. The third kappa shape index (κ3) is 7.50. The van der Waals surface area contributed by atoms with Crippen LogP contribution < -0.4 is 14.8 Å². The molecule has 1 amide bonds. The van der Waals surface area contributed by atoms with Crippen molar-refractivity contribution in [2.24, 2.45) is 0 Å². The Balaban J connectivity index is 1.52. The van der Waals surface area contributed by atoms with Crippen LogP contribution in [-0.2, 0) is 11.2 Å². The van der Waals surface area contributed by atoms with Crippen LogP contribution in [0.15, 0.2) is 72.8 Å². The number of amides is 1. The lowest BCUT2D eigenvalue weighted by Gasteiger charge is -2.12. The number of hydrogen-bond donors (Lipinski definition) is 2. The summed E-state index contributed by atoms with van der Waals surface area (Å²) in [6.07, 6.45) is 3.58. The van der Waals surface area contributed by atoms with Crippen LogP contribution in [0.5, 0.6) is 11.5 Å². The Morgan fingerprint density at radius 3 is 2.36 bits per heavy atom. The van der Waals surface area contributed by atoms with E-state index < -0.39 is 18.5 Å². The second kappa shape index (κ2) is 12.0. The van der Waals surface area contributed by atoms with Crippen LogP contribution in [0, 0.1) is 0 Å². The van der Waals surface area contributed by atoms with E-state index in [4.69, 9.17) is 14.6 Å². The van der Waals surface area contributed by atoms with E-state index in [9.17, 15) is 14.4 Å². The molecule has 0 radical (unpaired) electrons. The predicted octanol–water partition coefficient (Wildman–Crippen LogP) is 4.62. The number of unbranched alkanes of at least 4 members (excludes halogenated alkanes) is 1. The first kappa shape index (κ1) is 23.5. The number of nitrogens with one attached hydrogen (secondary N) is 1. The lowest BCUT2D eigenvalue weighted by Crippen LogP contribution is -2.15. The maximum atomic E-state index is 12.6. The van der Waals surface area contributed by atoms with Crippen LogP contribution in [0.25, 0.3) is 0 Å². The topological polar surface area (TPSA) is 102 Å². The van der Waals surface area contributed by atoms with E-state index in [1.165, 1.54) is 23.8 Å². The van der Waals surface area contributed by atoms with Gasteiger partial charge in [0.2, 0.25) is 0 Å². The van der Waals surface area contributed by atoms with Crippen LogP contribution in [0.4, 0.5) is 5.69 Å². The number of aryl methyl sites for hydroxylation is 1. The van der Waals surface area contributed by atoms with E-state index in [0.717, 1.165) is 19.3 Å². The van der Waals surface area contributed by atoms with Gasteiger partial charge in [-0.15, -0.1) is 0 Å². The fourth-order valence-corrected chi connectivity index (χ4v) is 3.15. The second-order valence-electron chi connectivity index (χ2n) is 7.33. The summed E-state index contributed by atoms with van der Waals surface area (Å²) in [5.74, 6) is -0.749. The fraction of sp³-hybridized carbons (Fsp3) is 0.192. The van der Waals surface area contributed by atoms with Crippen molar-refractivity contribution in [3.63, 3.8) is 0 Å². The number of rotatable bonds is 12. The zero-order valence-corrected chi connectivity index (χ0v) is 18.0. The minimum Gasteiger partial charge on any atom is -0.494 e. The highest BCUT2D eigenvalue weighted by atomic mass is 16.5. The molecule has 7 nitrogen and oxygen atoms in total. The minimum absolute atomic E-state index is 0.159. The molecular formula is C26H25NO6. The highest BCUT2D eigenvalue weighted by Gasteiger charge is 2.12. The molecule has 170 valence electrons. The van der Waals surface area contributed by atoms with E-state index in [0.29, 0.717) is 29.8 Å². The molecule has 2 N–H and O–H groups in total. The molecule has 0 atom stereocenters. The summed E-state index contributed by atoms with van der Waals surface area (Å²) in [4.78, 5) is 34.5. The van der Waals surface area contributed by atoms with Crippen molar-refractivity contribution >= 4 is 23.9 Å². The number of hydrogen-bond acceptors (Lipinski definition) is 5. The number of carboxylic acids is 1. The zero-order valence-electron chi connectivity index (χ0n) is 18.0. The quantitative estimate of drug-likeness (QED) is 0.310. The van der Waals surface area contributed by atoms with Crippen molar-refractivity contribution in [1.82, 2.24) is 0 Å². The van der Waals surface area contributed by atoms with E-state index in [2.05, 4.69) is 17.4 Å². The first-order valence-corrected chi connectivity index (χ1v) is 10.6. The molecule has 0 aliphatic heterocycles. The Morgan fingerprint density at radius 2 is 1.67 bits per heavy atom. The van der Waals surface area contributed by atoms with Gasteiger partial charge in [-0.05, 0) is 67.3 Å². The molecule has 0 bridgehead atoms. The van der Waals surface area contributed by atoms with Gasteiger partial charge in [-0.3, -0.25) is 9.59 Å². The van der Waals surface area contributed by atoms with Gasteiger partial charge in [-0.2, -0.15) is 0 Å². The summed E-state index contributed by atoms with van der Waals surface area (Å²) >= 11 is 0. The molecule has 7 heteroatoms. The standard InChI is InChI=1S/C26H25NO6/c28-17-20-9-14-24(33-18-25(29)30)23(16-20)27-26(31)21-10-12-22(13-11-21)32-15-5-4-8-19-6-2-1-3-7-19/h1-3,6-7,9-14,16-17H,4-5,8,15,18H2,(H,27,31)(H,29,30). The average molecular weight is 447 g/mol. The maximum absolute atomic E-state index is 12.6. The molecule has 0 heterocycles. The Labute approximate surface area is 192 Å². The molecule has 0 aromatic heterocycles. The fourth-order valence-electron chi connectivity index (χ4n) is 3.15. The van der Waals surface area contributed by atoms with Crippen LogP contribution in [0.2, 0.25) is 0 Å². The summed E-state index contributed by atoms with van der Waals surface area (Å²) < 4.78 is 11.0. The smallest absolute Gasteiger partial charge is 0.341 e. The van der Waals surface area contributed by atoms with Crippen LogP contribution in [0.3, 0.4) is 0 Å². The molecule has 0 aliphatic carbocycles. The molecule has 33 heavy (non-hydrogen) atoms. The predicted molar refractivity (Wildman–Crippen MR) is 124 cm³/mol. The molecule has 3 rings (SSSR count). The van der Waals surface area contributed by atoms with Crippen molar-refractivity contribution in [3.05, 3.63) is 89.5 Å². The summed E-state index contributed by atoms with van der Waals surface area (Å²) in [5, 5.41) is 11.5. The Bertz CT molecular complexity index is 1080. The van der Waals surface area contributed by atoms with Crippen molar-refractivity contribution in [2.45, 2.75) is 19.3 Å². The number of anilines is 1. The second-order valence-corrected chi connectivity index (χ2v) is 7.33. The normalized spacial score (nSPS) is 10.3. The first-order chi connectivity index (χ1) is 16.0. The lowest BCUT2D eigenvalue weighted by molar-refractivity contribution is -0.139. The van der Waals surface area contributed by atoms with Gasteiger partial charge in [0.05, 0.1) is 12.3 Å². The van der Waals surface area contributed by atoms with Gasteiger partial charge in [-0.25, -0.2) is 4.79 Å². The number of benzene rings is 3. The van der Waals surface area contributed by atoms with Gasteiger partial charge in [0, 0.05) is 11.1 Å². The molecule has 0 fully saturated rings.